The molecule has 2 rings (SSSR count). The van der Waals surface area contributed by atoms with Crippen molar-refractivity contribution in [1.29, 1.82) is 0 Å². The van der Waals surface area contributed by atoms with Crippen molar-refractivity contribution in [3.63, 3.8) is 0 Å². The van der Waals surface area contributed by atoms with E-state index in [0.717, 1.165) is 25.7 Å². The highest BCUT2D eigenvalue weighted by atomic mass is 32.2. The van der Waals surface area contributed by atoms with Gasteiger partial charge in [0.05, 0.1) is 13.2 Å². The molecule has 0 amide bonds. The summed E-state index contributed by atoms with van der Waals surface area (Å²) in [4.78, 5) is 0. The lowest BCUT2D eigenvalue weighted by molar-refractivity contribution is -0.189. The highest BCUT2D eigenvalue weighted by Crippen LogP contribution is 2.37. The van der Waals surface area contributed by atoms with E-state index in [1.165, 1.54) is 6.42 Å². The average Bonchev–Trinajstić information content (AvgIpc) is 2.59. The molecule has 0 aromatic heterocycles. The molecule has 0 radical (unpaired) electrons. The van der Waals surface area contributed by atoms with Crippen LogP contribution >= 0.6 is 0 Å². The first-order chi connectivity index (χ1) is 7.49. The predicted molar refractivity (Wildman–Crippen MR) is 55.7 cm³/mol. The molecule has 0 bridgehead atoms. The fraction of sp³-hybridized carbons (Fsp3) is 1.00. The van der Waals surface area contributed by atoms with Gasteiger partial charge in [0.25, 0.3) is 0 Å². The van der Waals surface area contributed by atoms with Crippen LogP contribution in [0.25, 0.3) is 0 Å². The third-order valence-electron chi connectivity index (χ3n) is 2.95. The van der Waals surface area contributed by atoms with Gasteiger partial charge in [0.1, 0.15) is 6.10 Å². The third-order valence-corrected chi connectivity index (χ3v) is 3.41. The van der Waals surface area contributed by atoms with E-state index in [4.69, 9.17) is 14.6 Å². The van der Waals surface area contributed by atoms with Crippen LogP contribution in [-0.4, -0.2) is 33.5 Å². The molecule has 1 saturated heterocycles. The summed E-state index contributed by atoms with van der Waals surface area (Å²) in [6, 6.07) is 0. The molecule has 2 aliphatic rings. The van der Waals surface area contributed by atoms with Crippen LogP contribution in [0.15, 0.2) is 0 Å². The number of nitrogens with two attached hydrogens (primary N) is 1. The Morgan fingerprint density at radius 3 is 2.62 bits per heavy atom. The molecular formula is C9H17NO5S. The van der Waals surface area contributed by atoms with E-state index in [1.807, 2.05) is 0 Å². The first-order valence-corrected chi connectivity index (χ1v) is 6.95. The van der Waals surface area contributed by atoms with E-state index in [-0.39, 0.29) is 12.7 Å². The van der Waals surface area contributed by atoms with Crippen LogP contribution in [0.5, 0.6) is 0 Å². The van der Waals surface area contributed by atoms with E-state index in [0.29, 0.717) is 6.61 Å². The minimum absolute atomic E-state index is 0.0689. The molecule has 2 N–H and O–H groups in total. The lowest BCUT2D eigenvalue weighted by Crippen LogP contribution is -2.34. The van der Waals surface area contributed by atoms with E-state index in [9.17, 15) is 8.42 Å². The molecule has 6 nitrogen and oxygen atoms in total. The van der Waals surface area contributed by atoms with Crippen molar-refractivity contribution >= 4 is 10.3 Å². The number of ether oxygens (including phenoxy) is 2. The normalized spacial score (nSPS) is 29.7. The van der Waals surface area contributed by atoms with Crippen molar-refractivity contribution in [2.45, 2.75) is 44.0 Å². The molecule has 1 heterocycles. The summed E-state index contributed by atoms with van der Waals surface area (Å²) in [5, 5.41) is 4.74. The van der Waals surface area contributed by atoms with Crippen molar-refractivity contribution in [2.24, 2.45) is 5.14 Å². The molecule has 7 heteroatoms. The van der Waals surface area contributed by atoms with Gasteiger partial charge in [0, 0.05) is 12.8 Å². The Morgan fingerprint density at radius 1 is 1.31 bits per heavy atom. The zero-order valence-electron chi connectivity index (χ0n) is 9.05. The van der Waals surface area contributed by atoms with Gasteiger partial charge in [-0.05, 0) is 12.8 Å². The first-order valence-electron chi connectivity index (χ1n) is 5.48. The van der Waals surface area contributed by atoms with Gasteiger partial charge in [0.2, 0.25) is 0 Å². The molecule has 1 aliphatic carbocycles. The maximum atomic E-state index is 10.6. The van der Waals surface area contributed by atoms with Gasteiger partial charge in [-0.15, -0.1) is 0 Å². The van der Waals surface area contributed by atoms with Gasteiger partial charge < -0.3 is 9.47 Å². The number of rotatable bonds is 3. The van der Waals surface area contributed by atoms with E-state index >= 15 is 0 Å². The van der Waals surface area contributed by atoms with Crippen LogP contribution < -0.4 is 5.14 Å². The summed E-state index contributed by atoms with van der Waals surface area (Å²) in [6.07, 6.45) is 4.78. The van der Waals surface area contributed by atoms with Crippen molar-refractivity contribution in [1.82, 2.24) is 0 Å². The Morgan fingerprint density at radius 2 is 2.00 bits per heavy atom. The van der Waals surface area contributed by atoms with Crippen molar-refractivity contribution in [3.05, 3.63) is 0 Å². The maximum Gasteiger partial charge on any atom is 0.333 e. The summed E-state index contributed by atoms with van der Waals surface area (Å²) in [7, 11) is -3.89. The molecule has 16 heavy (non-hydrogen) atoms. The van der Waals surface area contributed by atoms with E-state index < -0.39 is 16.1 Å². The molecule has 94 valence electrons. The summed E-state index contributed by atoms with van der Waals surface area (Å²) >= 11 is 0. The summed E-state index contributed by atoms with van der Waals surface area (Å²) in [6.45, 7) is 0.302. The van der Waals surface area contributed by atoms with Crippen LogP contribution in [0, 0.1) is 0 Å². The van der Waals surface area contributed by atoms with Crippen molar-refractivity contribution < 1.29 is 22.1 Å². The van der Waals surface area contributed by atoms with E-state index in [1.54, 1.807) is 0 Å². The van der Waals surface area contributed by atoms with Crippen LogP contribution in [-0.2, 0) is 24.0 Å². The summed E-state index contributed by atoms with van der Waals surface area (Å²) in [5.41, 5.74) is 0. The molecule has 1 unspecified atom stereocenters. The van der Waals surface area contributed by atoms with Gasteiger partial charge in [-0.3, -0.25) is 4.18 Å². The summed E-state index contributed by atoms with van der Waals surface area (Å²) < 4.78 is 37.1. The number of hydrogen-bond donors (Lipinski definition) is 1. The molecule has 1 spiro atoms. The zero-order chi connectivity index (χ0) is 11.6. The maximum absolute atomic E-state index is 10.6. The second kappa shape index (κ2) is 4.58. The quantitative estimate of drug-likeness (QED) is 0.778. The Bertz CT molecular complexity index is 336. The second-order valence-electron chi connectivity index (χ2n) is 4.30. The van der Waals surface area contributed by atoms with Gasteiger partial charge in [-0.1, -0.05) is 6.42 Å². The molecule has 2 fully saturated rings. The highest BCUT2D eigenvalue weighted by Gasteiger charge is 2.42. The van der Waals surface area contributed by atoms with Crippen LogP contribution in [0.2, 0.25) is 0 Å². The Hall–Kier alpha value is -0.210. The fourth-order valence-corrected chi connectivity index (χ4v) is 2.56. The smallest absolute Gasteiger partial charge is 0.333 e. The molecule has 1 aliphatic heterocycles. The molecule has 0 aromatic rings. The molecule has 1 saturated carbocycles. The highest BCUT2D eigenvalue weighted by molar-refractivity contribution is 7.84. The zero-order valence-corrected chi connectivity index (χ0v) is 9.87. The largest absolute Gasteiger partial charge is 0.347 e. The summed E-state index contributed by atoms with van der Waals surface area (Å²) in [5.74, 6) is -0.495. The average molecular weight is 251 g/mol. The van der Waals surface area contributed by atoms with Gasteiger partial charge in [0.15, 0.2) is 5.79 Å². The van der Waals surface area contributed by atoms with Crippen molar-refractivity contribution in [3.8, 4) is 0 Å². The molecule has 1 atom stereocenters. The fourth-order valence-electron chi connectivity index (χ4n) is 2.22. The van der Waals surface area contributed by atoms with E-state index in [2.05, 4.69) is 4.18 Å². The standard InChI is InChI=1S/C9H17NO5S/c10-16(11,12)14-7-8-6-13-9(15-8)4-2-1-3-5-9/h8H,1-7H2,(H2,10,11,12). The Kier molecular flexibility index (Phi) is 3.50. The van der Waals surface area contributed by atoms with Gasteiger partial charge >= 0.3 is 10.3 Å². The van der Waals surface area contributed by atoms with Gasteiger partial charge in [-0.25, -0.2) is 5.14 Å². The lowest BCUT2D eigenvalue weighted by atomic mass is 9.94. The minimum atomic E-state index is -3.89. The predicted octanol–water partition coefficient (Wildman–Crippen LogP) is 0.282. The first kappa shape index (κ1) is 12.3. The minimum Gasteiger partial charge on any atom is -0.347 e. The lowest BCUT2D eigenvalue weighted by Gasteiger charge is -2.31. The molecular weight excluding hydrogens is 234 g/mol. The van der Waals surface area contributed by atoms with Crippen LogP contribution in [0.1, 0.15) is 32.1 Å². The topological polar surface area (TPSA) is 87.9 Å². The second-order valence-corrected chi connectivity index (χ2v) is 5.52. The van der Waals surface area contributed by atoms with Crippen LogP contribution in [0.4, 0.5) is 0 Å². The Balaban J connectivity index is 1.83. The molecule has 0 aromatic carbocycles. The van der Waals surface area contributed by atoms with Gasteiger partial charge in [-0.2, -0.15) is 8.42 Å². The van der Waals surface area contributed by atoms with Crippen LogP contribution in [0.3, 0.4) is 0 Å². The third kappa shape index (κ3) is 3.14. The van der Waals surface area contributed by atoms with Crippen molar-refractivity contribution in [2.75, 3.05) is 13.2 Å². The Labute approximate surface area is 95.3 Å². The number of hydrogen-bond acceptors (Lipinski definition) is 5. The SMILES string of the molecule is NS(=O)(=O)OCC1COC2(CCCCC2)O1. The monoisotopic (exact) mass is 251 g/mol.